The molecule has 1 N–H and O–H groups in total. The summed E-state index contributed by atoms with van der Waals surface area (Å²) >= 11 is 0. The van der Waals surface area contributed by atoms with Crippen LogP contribution in [0.3, 0.4) is 0 Å². The molecule has 7 heteroatoms. The largest absolute Gasteiger partial charge is 0.493 e. The molecule has 1 saturated heterocycles. The van der Waals surface area contributed by atoms with E-state index in [9.17, 15) is 14.0 Å². The smallest absolute Gasteiger partial charge is 0.341 e. The summed E-state index contributed by atoms with van der Waals surface area (Å²) in [6.07, 6.45) is 2.55. The second-order valence-corrected chi connectivity index (χ2v) is 7.76. The number of hydrogen-bond donors (Lipinski definition) is 1. The van der Waals surface area contributed by atoms with Crippen molar-refractivity contribution in [1.29, 1.82) is 0 Å². The van der Waals surface area contributed by atoms with Crippen LogP contribution in [-0.4, -0.2) is 38.3 Å². The van der Waals surface area contributed by atoms with Crippen LogP contribution < -0.4 is 10.1 Å². The lowest BCUT2D eigenvalue weighted by molar-refractivity contribution is -0.125. The maximum atomic E-state index is 14.7. The Hall–Kier alpha value is -2.93. The summed E-state index contributed by atoms with van der Waals surface area (Å²) in [6.45, 7) is 5.20. The molecule has 0 aliphatic carbocycles. The third kappa shape index (κ3) is 5.27. The van der Waals surface area contributed by atoms with E-state index >= 15 is 0 Å². The lowest BCUT2D eigenvalue weighted by Gasteiger charge is -2.36. The molecule has 172 valence electrons. The molecule has 0 aromatic heterocycles. The number of esters is 1. The molecule has 1 fully saturated rings. The number of benzene rings is 2. The maximum Gasteiger partial charge on any atom is 0.341 e. The quantitative estimate of drug-likeness (QED) is 0.442. The van der Waals surface area contributed by atoms with Gasteiger partial charge >= 0.3 is 5.97 Å². The predicted molar refractivity (Wildman–Crippen MR) is 120 cm³/mol. The van der Waals surface area contributed by atoms with Crippen molar-refractivity contribution in [1.82, 2.24) is 0 Å². The van der Waals surface area contributed by atoms with Gasteiger partial charge in [-0.25, -0.2) is 9.18 Å². The summed E-state index contributed by atoms with van der Waals surface area (Å²) in [4.78, 5) is 26.0. The normalized spacial score (nSPS) is 15.1. The third-order valence-corrected chi connectivity index (χ3v) is 5.66. The van der Waals surface area contributed by atoms with Crippen LogP contribution >= 0.6 is 0 Å². The molecule has 0 spiro atoms. The van der Waals surface area contributed by atoms with Crippen LogP contribution in [0.1, 0.15) is 55.5 Å². The summed E-state index contributed by atoms with van der Waals surface area (Å²) in [7, 11) is 0. The van der Waals surface area contributed by atoms with Crippen molar-refractivity contribution < 1.29 is 28.2 Å². The average Bonchev–Trinajstić information content (AvgIpc) is 2.81. The van der Waals surface area contributed by atoms with Crippen LogP contribution in [0.2, 0.25) is 0 Å². The molecule has 2 aromatic rings. The molecular formula is C25H30FNO5. The summed E-state index contributed by atoms with van der Waals surface area (Å²) in [5.74, 6) is -0.869. The number of anilines is 1. The summed E-state index contributed by atoms with van der Waals surface area (Å²) in [5, 5.41) is 2.89. The first-order valence-corrected chi connectivity index (χ1v) is 11.1. The Morgan fingerprint density at radius 3 is 2.56 bits per heavy atom. The molecule has 1 amide bonds. The van der Waals surface area contributed by atoms with Crippen molar-refractivity contribution in [3.8, 4) is 5.75 Å². The van der Waals surface area contributed by atoms with Gasteiger partial charge in [-0.1, -0.05) is 31.5 Å². The Kier molecular flexibility index (Phi) is 8.22. The Balaban J connectivity index is 1.90. The number of nitrogens with one attached hydrogen (secondary N) is 1. The zero-order valence-electron chi connectivity index (χ0n) is 18.6. The van der Waals surface area contributed by atoms with Crippen molar-refractivity contribution in [2.45, 2.75) is 44.9 Å². The van der Waals surface area contributed by atoms with Crippen molar-refractivity contribution in [2.75, 3.05) is 31.7 Å². The Bertz CT molecular complexity index is 940. The van der Waals surface area contributed by atoms with Gasteiger partial charge in [0.2, 0.25) is 5.91 Å². The molecule has 3 rings (SSSR count). The highest BCUT2D eigenvalue weighted by molar-refractivity contribution is 6.01. The Morgan fingerprint density at radius 1 is 1.12 bits per heavy atom. The lowest BCUT2D eigenvalue weighted by atomic mass is 9.73. The van der Waals surface area contributed by atoms with Crippen LogP contribution in [0.5, 0.6) is 5.75 Å². The SMILES string of the molecule is CCCCOc1ccc(NC(=O)C2(c3ccccc3F)CCOCC2)cc1C(=O)OCC. The second kappa shape index (κ2) is 11.1. The van der Waals surface area contributed by atoms with E-state index < -0.39 is 17.2 Å². The minimum absolute atomic E-state index is 0.222. The molecule has 2 aromatic carbocycles. The van der Waals surface area contributed by atoms with Gasteiger partial charge in [0, 0.05) is 24.5 Å². The lowest BCUT2D eigenvalue weighted by Crippen LogP contribution is -2.45. The Labute approximate surface area is 188 Å². The number of hydrogen-bond acceptors (Lipinski definition) is 5. The fourth-order valence-electron chi connectivity index (χ4n) is 3.87. The average molecular weight is 444 g/mol. The van der Waals surface area contributed by atoms with Crippen molar-refractivity contribution >= 4 is 17.6 Å². The Morgan fingerprint density at radius 2 is 1.88 bits per heavy atom. The topological polar surface area (TPSA) is 73.9 Å². The molecule has 0 bridgehead atoms. The molecule has 0 atom stereocenters. The highest BCUT2D eigenvalue weighted by Gasteiger charge is 2.43. The third-order valence-electron chi connectivity index (χ3n) is 5.66. The number of ether oxygens (including phenoxy) is 3. The predicted octanol–water partition coefficient (Wildman–Crippen LogP) is 4.87. The second-order valence-electron chi connectivity index (χ2n) is 7.76. The highest BCUT2D eigenvalue weighted by Crippen LogP contribution is 2.38. The molecule has 0 saturated carbocycles. The fourth-order valence-corrected chi connectivity index (χ4v) is 3.87. The van der Waals surface area contributed by atoms with Gasteiger partial charge in [0.05, 0.1) is 18.6 Å². The van der Waals surface area contributed by atoms with Crippen molar-refractivity contribution in [2.24, 2.45) is 0 Å². The van der Waals surface area contributed by atoms with Gasteiger partial charge in [0.15, 0.2) is 0 Å². The van der Waals surface area contributed by atoms with E-state index in [1.807, 2.05) is 0 Å². The molecule has 1 aliphatic rings. The van der Waals surface area contributed by atoms with Crippen LogP contribution in [0, 0.1) is 5.82 Å². The number of carbonyl (C=O) groups is 2. The van der Waals surface area contributed by atoms with E-state index in [2.05, 4.69) is 12.2 Å². The number of unbranched alkanes of at least 4 members (excludes halogenated alkanes) is 1. The van der Waals surface area contributed by atoms with E-state index in [0.29, 0.717) is 49.7 Å². The number of carbonyl (C=O) groups excluding carboxylic acids is 2. The van der Waals surface area contributed by atoms with Gasteiger partial charge in [0.1, 0.15) is 17.1 Å². The maximum absolute atomic E-state index is 14.7. The molecular weight excluding hydrogens is 413 g/mol. The summed E-state index contributed by atoms with van der Waals surface area (Å²) in [5.41, 5.74) is -0.0361. The fraction of sp³-hybridized carbons (Fsp3) is 0.440. The van der Waals surface area contributed by atoms with Gasteiger partial charge in [-0.2, -0.15) is 0 Å². The first kappa shape index (κ1) is 23.7. The standard InChI is InChI=1S/C25H30FNO5/c1-3-5-14-32-22-11-10-18(17-19(22)23(28)31-4-2)27-24(29)25(12-15-30-16-13-25)20-8-6-7-9-21(20)26/h6-11,17H,3-5,12-16H2,1-2H3,(H,27,29). The zero-order chi connectivity index (χ0) is 23.0. The van der Waals surface area contributed by atoms with Gasteiger partial charge in [-0.3, -0.25) is 4.79 Å². The highest BCUT2D eigenvalue weighted by atomic mass is 19.1. The van der Waals surface area contributed by atoms with E-state index in [0.717, 1.165) is 12.8 Å². The van der Waals surface area contributed by atoms with Gasteiger partial charge in [0.25, 0.3) is 0 Å². The van der Waals surface area contributed by atoms with Crippen LogP contribution in [0.25, 0.3) is 0 Å². The van der Waals surface area contributed by atoms with E-state index in [1.165, 1.54) is 6.07 Å². The van der Waals surface area contributed by atoms with Gasteiger partial charge in [-0.15, -0.1) is 0 Å². The minimum Gasteiger partial charge on any atom is -0.493 e. The number of rotatable bonds is 9. The van der Waals surface area contributed by atoms with Crippen molar-refractivity contribution in [3.63, 3.8) is 0 Å². The van der Waals surface area contributed by atoms with E-state index in [4.69, 9.17) is 14.2 Å². The van der Waals surface area contributed by atoms with Crippen LogP contribution in [0.4, 0.5) is 10.1 Å². The molecule has 32 heavy (non-hydrogen) atoms. The minimum atomic E-state index is -1.05. The number of halogens is 1. The molecule has 1 heterocycles. The molecule has 0 radical (unpaired) electrons. The first-order chi connectivity index (χ1) is 15.5. The van der Waals surface area contributed by atoms with E-state index in [-0.39, 0.29) is 18.1 Å². The summed E-state index contributed by atoms with van der Waals surface area (Å²) in [6, 6.07) is 11.2. The molecule has 1 aliphatic heterocycles. The molecule has 0 unspecified atom stereocenters. The number of amides is 1. The first-order valence-electron chi connectivity index (χ1n) is 11.1. The zero-order valence-corrected chi connectivity index (χ0v) is 18.6. The van der Waals surface area contributed by atoms with Crippen molar-refractivity contribution in [3.05, 3.63) is 59.4 Å². The van der Waals surface area contributed by atoms with Crippen LogP contribution in [-0.2, 0) is 19.7 Å². The monoisotopic (exact) mass is 443 g/mol. The summed E-state index contributed by atoms with van der Waals surface area (Å²) < 4.78 is 31.0. The van der Waals surface area contributed by atoms with Gasteiger partial charge < -0.3 is 19.5 Å². The van der Waals surface area contributed by atoms with Crippen LogP contribution in [0.15, 0.2) is 42.5 Å². The van der Waals surface area contributed by atoms with E-state index in [1.54, 1.807) is 43.3 Å². The molecule has 6 nitrogen and oxygen atoms in total. The van der Waals surface area contributed by atoms with Gasteiger partial charge in [-0.05, 0) is 50.5 Å².